The Morgan fingerprint density at radius 3 is 2.38 bits per heavy atom. The first-order valence-corrected chi connectivity index (χ1v) is 10.9. The van der Waals surface area contributed by atoms with Crippen LogP contribution in [0.15, 0.2) is 30.3 Å². The van der Waals surface area contributed by atoms with Crippen molar-refractivity contribution >= 4 is 11.4 Å². The molecule has 4 nitrogen and oxygen atoms in total. The molecule has 1 aromatic rings. The molecule has 1 saturated carbocycles. The minimum absolute atomic E-state index is 0.0521. The van der Waals surface area contributed by atoms with E-state index in [9.17, 15) is 9.66 Å². The van der Waals surface area contributed by atoms with Crippen molar-refractivity contribution in [3.63, 3.8) is 0 Å². The number of nitrogens with zero attached hydrogens (tertiary/aromatic N) is 1. The standard InChI is InChI=1S/C21H33NO3S/c1-15-10-13-18(25-20(15)23)19(17-11-12-17)22(26(24)21(2,3)4)14-16-8-6-5-7-9-16/h5-9,15,17-20,23H,10-14H2,1-4H3/t15?,18-,19+,20?,26?/m0/s1. The Hall–Kier alpha value is -0.590. The molecule has 1 heterocycles. The fourth-order valence-electron chi connectivity index (χ4n) is 3.75. The molecule has 1 aromatic carbocycles. The van der Waals surface area contributed by atoms with Gasteiger partial charge in [-0.15, -0.1) is 4.31 Å². The van der Waals surface area contributed by atoms with E-state index in [1.54, 1.807) is 0 Å². The average molecular weight is 380 g/mol. The topological polar surface area (TPSA) is 55.8 Å². The van der Waals surface area contributed by atoms with Gasteiger partial charge in [0.1, 0.15) is 4.75 Å². The molecule has 1 N–H and O–H groups in total. The van der Waals surface area contributed by atoms with E-state index in [1.165, 1.54) is 5.56 Å². The lowest BCUT2D eigenvalue weighted by atomic mass is 9.92. The molecule has 0 spiro atoms. The van der Waals surface area contributed by atoms with Gasteiger partial charge in [-0.1, -0.05) is 37.3 Å². The molecule has 0 bridgehead atoms. The smallest absolute Gasteiger partial charge is 0.157 e. The van der Waals surface area contributed by atoms with Crippen LogP contribution in [-0.2, 0) is 22.6 Å². The number of benzene rings is 1. The Morgan fingerprint density at radius 2 is 1.85 bits per heavy atom. The van der Waals surface area contributed by atoms with Gasteiger partial charge in [0.25, 0.3) is 0 Å². The second-order valence-electron chi connectivity index (χ2n) is 8.87. The summed E-state index contributed by atoms with van der Waals surface area (Å²) in [5.74, 6) is 0.678. The maximum Gasteiger partial charge on any atom is 0.157 e. The number of ether oxygens (including phenoxy) is 1. The Kier molecular flexibility index (Phi) is 6.35. The predicted octanol–water partition coefficient (Wildman–Crippen LogP) is 3.86. The van der Waals surface area contributed by atoms with Crippen molar-refractivity contribution in [2.45, 2.75) is 83.1 Å². The number of hydrogen-bond acceptors (Lipinski definition) is 4. The minimum atomic E-state index is -1.14. The maximum absolute atomic E-state index is 13.5. The highest BCUT2D eigenvalue weighted by Crippen LogP contribution is 2.43. The molecule has 5 heteroatoms. The van der Waals surface area contributed by atoms with Gasteiger partial charge in [-0.2, -0.15) is 0 Å². The van der Waals surface area contributed by atoms with Crippen molar-refractivity contribution in [2.24, 2.45) is 11.8 Å². The zero-order valence-electron chi connectivity index (χ0n) is 16.4. The van der Waals surface area contributed by atoms with Gasteiger partial charge in [0.15, 0.2) is 6.29 Å². The largest absolute Gasteiger partial charge is 0.597 e. The second kappa shape index (κ2) is 8.19. The molecule has 1 aliphatic carbocycles. The molecule has 0 amide bonds. The average Bonchev–Trinajstić information content (AvgIpc) is 3.42. The number of aliphatic hydroxyl groups excluding tert-OH is 1. The Labute approximate surface area is 161 Å². The highest BCUT2D eigenvalue weighted by molar-refractivity contribution is 7.90. The molecular formula is C21H33NO3S. The highest BCUT2D eigenvalue weighted by atomic mass is 32.2. The van der Waals surface area contributed by atoms with Crippen LogP contribution in [0.5, 0.6) is 0 Å². The van der Waals surface area contributed by atoms with Crippen LogP contribution >= 0.6 is 0 Å². The summed E-state index contributed by atoms with van der Waals surface area (Å²) in [7, 11) is 0. The maximum atomic E-state index is 13.5. The highest BCUT2D eigenvalue weighted by Gasteiger charge is 2.49. The van der Waals surface area contributed by atoms with Crippen molar-refractivity contribution in [3.8, 4) is 0 Å². The minimum Gasteiger partial charge on any atom is -0.597 e. The van der Waals surface area contributed by atoms with Gasteiger partial charge in [-0.05, 0) is 57.9 Å². The first-order chi connectivity index (χ1) is 12.3. The lowest BCUT2D eigenvalue weighted by Crippen LogP contribution is -2.55. The lowest BCUT2D eigenvalue weighted by molar-refractivity contribution is -0.203. The van der Waals surface area contributed by atoms with Crippen molar-refractivity contribution in [1.29, 1.82) is 0 Å². The third kappa shape index (κ3) is 4.82. The van der Waals surface area contributed by atoms with Crippen LogP contribution in [-0.4, -0.2) is 37.1 Å². The summed E-state index contributed by atoms with van der Waals surface area (Å²) in [4.78, 5) is 0. The van der Waals surface area contributed by atoms with Crippen molar-refractivity contribution in [2.75, 3.05) is 0 Å². The number of hydrogen-bond donors (Lipinski definition) is 1. The van der Waals surface area contributed by atoms with Crippen LogP contribution in [0.25, 0.3) is 0 Å². The van der Waals surface area contributed by atoms with Gasteiger partial charge < -0.3 is 14.4 Å². The monoisotopic (exact) mass is 379 g/mol. The molecule has 5 atom stereocenters. The third-order valence-electron chi connectivity index (χ3n) is 5.44. The summed E-state index contributed by atoms with van der Waals surface area (Å²) >= 11 is -1.14. The van der Waals surface area contributed by atoms with E-state index in [2.05, 4.69) is 16.4 Å². The van der Waals surface area contributed by atoms with Gasteiger partial charge in [0.2, 0.25) is 0 Å². The molecule has 26 heavy (non-hydrogen) atoms. The van der Waals surface area contributed by atoms with Crippen molar-refractivity contribution in [1.82, 2.24) is 4.31 Å². The summed E-state index contributed by atoms with van der Waals surface area (Å²) in [6.07, 6.45) is 3.42. The van der Waals surface area contributed by atoms with Crippen molar-refractivity contribution < 1.29 is 14.4 Å². The summed E-state index contributed by atoms with van der Waals surface area (Å²) in [6, 6.07) is 10.3. The van der Waals surface area contributed by atoms with Crippen LogP contribution in [0.2, 0.25) is 0 Å². The van der Waals surface area contributed by atoms with E-state index < -0.39 is 17.7 Å². The fraction of sp³-hybridized carbons (Fsp3) is 0.714. The normalized spacial score (nSPS) is 29.6. The summed E-state index contributed by atoms with van der Waals surface area (Å²) in [6.45, 7) is 8.77. The molecule has 146 valence electrons. The fourth-order valence-corrected chi connectivity index (χ4v) is 5.25. The van der Waals surface area contributed by atoms with Gasteiger partial charge >= 0.3 is 0 Å². The molecule has 3 rings (SSSR count). The molecule has 1 saturated heterocycles. The van der Waals surface area contributed by atoms with Crippen LogP contribution in [0, 0.1) is 11.8 Å². The molecule has 2 aliphatic rings. The Balaban J connectivity index is 1.86. The molecule has 1 aliphatic heterocycles. The molecule has 2 fully saturated rings. The zero-order valence-corrected chi connectivity index (χ0v) is 17.2. The Bertz CT molecular complexity index is 572. The van der Waals surface area contributed by atoms with Crippen LogP contribution < -0.4 is 0 Å². The van der Waals surface area contributed by atoms with E-state index in [0.717, 1.165) is 25.7 Å². The van der Waals surface area contributed by atoms with Crippen LogP contribution in [0.4, 0.5) is 0 Å². The van der Waals surface area contributed by atoms with E-state index in [4.69, 9.17) is 4.74 Å². The third-order valence-corrected chi connectivity index (χ3v) is 7.29. The lowest BCUT2D eigenvalue weighted by Gasteiger charge is -2.43. The van der Waals surface area contributed by atoms with Gasteiger partial charge in [0, 0.05) is 17.3 Å². The molecule has 0 aromatic heterocycles. The van der Waals surface area contributed by atoms with E-state index in [1.807, 2.05) is 45.9 Å². The van der Waals surface area contributed by atoms with E-state index in [-0.39, 0.29) is 22.8 Å². The van der Waals surface area contributed by atoms with Gasteiger partial charge in [0.05, 0.1) is 18.7 Å². The SMILES string of the molecule is CC1CC[C@@H]([C@@H](C2CC2)N(Cc2ccccc2)[S+]([O-])C(C)(C)C)OC1O. The molecule has 0 radical (unpaired) electrons. The van der Waals surface area contributed by atoms with Gasteiger partial charge in [-0.3, -0.25) is 0 Å². The first kappa shape index (κ1) is 20.2. The quantitative estimate of drug-likeness (QED) is 0.763. The summed E-state index contributed by atoms with van der Waals surface area (Å²) in [5.41, 5.74) is 1.17. The van der Waals surface area contributed by atoms with Crippen LogP contribution in [0.3, 0.4) is 0 Å². The number of rotatable bonds is 6. The van der Waals surface area contributed by atoms with Crippen molar-refractivity contribution in [3.05, 3.63) is 35.9 Å². The van der Waals surface area contributed by atoms with Crippen LogP contribution in [0.1, 0.15) is 58.9 Å². The van der Waals surface area contributed by atoms with E-state index in [0.29, 0.717) is 12.5 Å². The first-order valence-electron chi connectivity index (χ1n) is 9.83. The second-order valence-corrected chi connectivity index (χ2v) is 11.1. The summed E-state index contributed by atoms with van der Waals surface area (Å²) in [5, 5.41) is 10.3. The molecular weight excluding hydrogens is 346 g/mol. The summed E-state index contributed by atoms with van der Waals surface area (Å²) < 4.78 is 21.3. The molecule has 3 unspecified atom stereocenters. The van der Waals surface area contributed by atoms with E-state index >= 15 is 0 Å². The van der Waals surface area contributed by atoms with Gasteiger partial charge in [-0.25, -0.2) is 0 Å². The number of aliphatic hydroxyl groups is 1. The predicted molar refractivity (Wildman–Crippen MR) is 106 cm³/mol. The zero-order chi connectivity index (χ0) is 18.9. The Morgan fingerprint density at radius 1 is 1.19 bits per heavy atom.